The predicted octanol–water partition coefficient (Wildman–Crippen LogP) is 4.34. The molecule has 5 heteroatoms. The second-order valence-corrected chi connectivity index (χ2v) is 6.35. The van der Waals surface area contributed by atoms with Crippen LogP contribution in [0, 0.1) is 6.92 Å². The Bertz CT molecular complexity index is 753. The summed E-state index contributed by atoms with van der Waals surface area (Å²) in [7, 11) is 0. The van der Waals surface area contributed by atoms with Gasteiger partial charge in [0, 0.05) is 24.6 Å². The molecule has 5 nitrogen and oxygen atoms in total. The third kappa shape index (κ3) is 4.89. The van der Waals surface area contributed by atoms with Crippen molar-refractivity contribution in [3.8, 4) is 0 Å². The van der Waals surface area contributed by atoms with Crippen LogP contribution < -0.4 is 10.6 Å². The highest BCUT2D eigenvalue weighted by Crippen LogP contribution is 2.20. The maximum absolute atomic E-state index is 12.3. The Morgan fingerprint density at radius 1 is 1.16 bits per heavy atom. The van der Waals surface area contributed by atoms with Gasteiger partial charge in [-0.25, -0.2) is 9.97 Å². The van der Waals surface area contributed by atoms with Gasteiger partial charge in [-0.15, -0.1) is 0 Å². The molecule has 1 amide bonds. The summed E-state index contributed by atoms with van der Waals surface area (Å²) in [6.45, 7) is 2.78. The molecule has 3 rings (SSSR count). The number of hydrogen-bond donors (Lipinski definition) is 2. The molecular formula is C20H24N4O. The van der Waals surface area contributed by atoms with E-state index < -0.39 is 0 Å². The quantitative estimate of drug-likeness (QED) is 0.770. The maximum atomic E-state index is 12.3. The number of rotatable bonds is 6. The van der Waals surface area contributed by atoms with Crippen LogP contribution in [0.4, 0.5) is 11.6 Å². The van der Waals surface area contributed by atoms with E-state index >= 15 is 0 Å². The van der Waals surface area contributed by atoms with Gasteiger partial charge in [0.05, 0.1) is 5.56 Å². The lowest BCUT2D eigenvalue weighted by Crippen LogP contribution is -2.14. The molecule has 0 radical (unpaired) electrons. The van der Waals surface area contributed by atoms with E-state index in [-0.39, 0.29) is 5.91 Å². The van der Waals surface area contributed by atoms with Crippen molar-refractivity contribution in [3.63, 3.8) is 0 Å². The van der Waals surface area contributed by atoms with Crippen LogP contribution in [0.25, 0.3) is 0 Å². The summed E-state index contributed by atoms with van der Waals surface area (Å²) in [6, 6.07) is 7.68. The van der Waals surface area contributed by atoms with Crippen LogP contribution in [-0.4, -0.2) is 22.4 Å². The first-order valence-corrected chi connectivity index (χ1v) is 8.83. The van der Waals surface area contributed by atoms with Crippen molar-refractivity contribution in [1.82, 2.24) is 9.97 Å². The van der Waals surface area contributed by atoms with E-state index in [0.717, 1.165) is 24.2 Å². The van der Waals surface area contributed by atoms with Crippen molar-refractivity contribution >= 4 is 17.5 Å². The molecule has 0 saturated heterocycles. The van der Waals surface area contributed by atoms with Gasteiger partial charge < -0.3 is 10.6 Å². The smallest absolute Gasteiger partial charge is 0.258 e. The predicted molar refractivity (Wildman–Crippen MR) is 101 cm³/mol. The first-order valence-electron chi connectivity index (χ1n) is 8.83. The van der Waals surface area contributed by atoms with Crippen LogP contribution in [0.1, 0.15) is 48.0 Å². The van der Waals surface area contributed by atoms with Gasteiger partial charge in [-0.05, 0) is 50.7 Å². The molecule has 0 spiro atoms. The Labute approximate surface area is 148 Å². The molecule has 0 aliphatic heterocycles. The second kappa shape index (κ2) is 8.42. The Hall–Kier alpha value is -2.69. The summed E-state index contributed by atoms with van der Waals surface area (Å²) >= 11 is 0. The molecule has 1 aromatic heterocycles. The number of carbonyl (C=O) groups excluding carboxylic acids is 1. The first-order chi connectivity index (χ1) is 12.2. The van der Waals surface area contributed by atoms with Crippen LogP contribution in [0.3, 0.4) is 0 Å². The van der Waals surface area contributed by atoms with Gasteiger partial charge in [-0.2, -0.15) is 0 Å². The third-order valence-corrected chi connectivity index (χ3v) is 4.42. The second-order valence-electron chi connectivity index (χ2n) is 6.35. The topological polar surface area (TPSA) is 66.9 Å². The van der Waals surface area contributed by atoms with Crippen molar-refractivity contribution in [2.75, 3.05) is 17.2 Å². The SMILES string of the molecule is Cc1ccccc1NC(=O)c1cnc(NCCC2=CCCCC2)nc1. The summed E-state index contributed by atoms with van der Waals surface area (Å²) in [4.78, 5) is 20.8. The van der Waals surface area contributed by atoms with Crippen molar-refractivity contribution in [1.29, 1.82) is 0 Å². The molecule has 0 bridgehead atoms. The Morgan fingerprint density at radius 3 is 2.68 bits per heavy atom. The molecule has 0 fully saturated rings. The van der Waals surface area contributed by atoms with Crippen molar-refractivity contribution in [2.45, 2.75) is 39.0 Å². The minimum atomic E-state index is -0.201. The first kappa shape index (κ1) is 17.1. The van der Waals surface area contributed by atoms with Gasteiger partial charge in [0.2, 0.25) is 5.95 Å². The average Bonchev–Trinajstić information content (AvgIpc) is 2.65. The number of benzene rings is 1. The molecule has 2 N–H and O–H groups in total. The molecular weight excluding hydrogens is 312 g/mol. The lowest BCUT2D eigenvalue weighted by molar-refractivity contribution is 0.102. The Morgan fingerprint density at radius 2 is 1.96 bits per heavy atom. The molecule has 130 valence electrons. The van der Waals surface area contributed by atoms with E-state index in [1.807, 2.05) is 31.2 Å². The molecule has 2 aromatic rings. The average molecular weight is 336 g/mol. The van der Waals surface area contributed by atoms with Gasteiger partial charge in [-0.3, -0.25) is 4.79 Å². The number of para-hydroxylation sites is 1. The van der Waals surface area contributed by atoms with E-state index in [9.17, 15) is 4.79 Å². The minimum absolute atomic E-state index is 0.201. The number of nitrogens with zero attached hydrogens (tertiary/aromatic N) is 2. The summed E-state index contributed by atoms with van der Waals surface area (Å²) in [5.41, 5.74) is 3.79. The molecule has 1 aromatic carbocycles. The third-order valence-electron chi connectivity index (χ3n) is 4.42. The number of aryl methyl sites for hydroxylation is 1. The Balaban J connectivity index is 1.52. The zero-order chi connectivity index (χ0) is 17.5. The highest BCUT2D eigenvalue weighted by atomic mass is 16.1. The number of allylic oxidation sites excluding steroid dienone is 1. The monoisotopic (exact) mass is 336 g/mol. The standard InChI is InChI=1S/C20H24N4O/c1-15-7-5-6-10-18(15)24-19(25)17-13-22-20(23-14-17)21-12-11-16-8-3-2-4-9-16/h5-8,10,13-14H,2-4,9,11-12H2,1H3,(H,24,25)(H,21,22,23). The number of carbonyl (C=O) groups is 1. The minimum Gasteiger partial charge on any atom is -0.354 e. The van der Waals surface area contributed by atoms with Gasteiger partial charge in [-0.1, -0.05) is 29.8 Å². The van der Waals surface area contributed by atoms with E-state index in [0.29, 0.717) is 11.5 Å². The van der Waals surface area contributed by atoms with Crippen LogP contribution in [0.15, 0.2) is 48.3 Å². The van der Waals surface area contributed by atoms with E-state index in [4.69, 9.17) is 0 Å². The lowest BCUT2D eigenvalue weighted by Gasteiger charge is -2.13. The normalized spacial score (nSPS) is 13.9. The van der Waals surface area contributed by atoms with Gasteiger partial charge >= 0.3 is 0 Å². The van der Waals surface area contributed by atoms with Crippen molar-refractivity contribution in [2.24, 2.45) is 0 Å². The van der Waals surface area contributed by atoms with Crippen molar-refractivity contribution in [3.05, 3.63) is 59.4 Å². The molecule has 0 atom stereocenters. The number of nitrogens with one attached hydrogen (secondary N) is 2. The van der Waals surface area contributed by atoms with Crippen LogP contribution in [0.2, 0.25) is 0 Å². The zero-order valence-corrected chi connectivity index (χ0v) is 14.6. The van der Waals surface area contributed by atoms with Gasteiger partial charge in [0.15, 0.2) is 0 Å². The molecule has 1 aliphatic rings. The fraction of sp³-hybridized carbons (Fsp3) is 0.350. The molecule has 25 heavy (non-hydrogen) atoms. The number of aromatic nitrogens is 2. The highest BCUT2D eigenvalue weighted by Gasteiger charge is 2.09. The number of amides is 1. The van der Waals surface area contributed by atoms with Crippen LogP contribution in [-0.2, 0) is 0 Å². The largest absolute Gasteiger partial charge is 0.354 e. The molecule has 1 heterocycles. The molecule has 0 unspecified atom stereocenters. The molecule has 0 saturated carbocycles. The van der Waals surface area contributed by atoms with Crippen LogP contribution in [0.5, 0.6) is 0 Å². The van der Waals surface area contributed by atoms with E-state index in [1.165, 1.54) is 31.3 Å². The number of hydrogen-bond acceptors (Lipinski definition) is 4. The van der Waals surface area contributed by atoms with Crippen molar-refractivity contribution < 1.29 is 4.79 Å². The fourth-order valence-corrected chi connectivity index (χ4v) is 2.91. The number of anilines is 2. The summed E-state index contributed by atoms with van der Waals surface area (Å²) < 4.78 is 0. The van der Waals surface area contributed by atoms with Gasteiger partial charge in [0.25, 0.3) is 5.91 Å². The molecule has 1 aliphatic carbocycles. The lowest BCUT2D eigenvalue weighted by atomic mass is 9.97. The Kier molecular flexibility index (Phi) is 5.77. The van der Waals surface area contributed by atoms with Crippen LogP contribution >= 0.6 is 0 Å². The van der Waals surface area contributed by atoms with E-state index in [2.05, 4.69) is 26.7 Å². The fourth-order valence-electron chi connectivity index (χ4n) is 2.91. The van der Waals surface area contributed by atoms with Gasteiger partial charge in [0.1, 0.15) is 0 Å². The highest BCUT2D eigenvalue weighted by molar-refractivity contribution is 6.04. The summed E-state index contributed by atoms with van der Waals surface area (Å²) in [6.07, 6.45) is 11.5. The van der Waals surface area contributed by atoms with E-state index in [1.54, 1.807) is 12.4 Å². The zero-order valence-electron chi connectivity index (χ0n) is 14.6. The summed E-state index contributed by atoms with van der Waals surface area (Å²) in [5.74, 6) is 0.358. The summed E-state index contributed by atoms with van der Waals surface area (Å²) in [5, 5.41) is 6.11. The maximum Gasteiger partial charge on any atom is 0.258 e.